The summed E-state index contributed by atoms with van der Waals surface area (Å²) in [5.41, 5.74) is 0.371. The van der Waals surface area contributed by atoms with Crippen molar-refractivity contribution in [2.24, 2.45) is 0 Å². The van der Waals surface area contributed by atoms with Crippen LogP contribution >= 0.6 is 0 Å². The van der Waals surface area contributed by atoms with Gasteiger partial charge in [-0.05, 0) is 25.0 Å². The third-order valence-electron chi connectivity index (χ3n) is 2.80. The molecule has 1 heterocycles. The molecule has 1 rings (SSSR count). The second-order valence-electron chi connectivity index (χ2n) is 4.55. The summed E-state index contributed by atoms with van der Waals surface area (Å²) in [5.74, 6) is 0.569. The standard InChI is InChI=1S/C14H24N4O/c1-3-5-7-11-15-13-9-8-12(17-18-13)14(19)16-10-6-4-2/h8-9H,3-7,10-11H2,1-2H3,(H,15,18)(H,16,19). The van der Waals surface area contributed by atoms with Gasteiger partial charge in [0.2, 0.25) is 0 Å². The average Bonchev–Trinajstić information content (AvgIpc) is 2.44. The Bertz CT molecular complexity index is 364. The normalized spacial score (nSPS) is 10.2. The van der Waals surface area contributed by atoms with Crippen LogP contribution in [0.25, 0.3) is 0 Å². The first-order valence-corrected chi connectivity index (χ1v) is 7.13. The molecule has 1 aromatic heterocycles. The highest BCUT2D eigenvalue weighted by atomic mass is 16.1. The molecule has 1 amide bonds. The van der Waals surface area contributed by atoms with Gasteiger partial charge in [-0.2, -0.15) is 0 Å². The third kappa shape index (κ3) is 6.18. The van der Waals surface area contributed by atoms with E-state index in [0.29, 0.717) is 12.2 Å². The summed E-state index contributed by atoms with van der Waals surface area (Å²) in [6.45, 7) is 5.84. The molecule has 0 bridgehead atoms. The van der Waals surface area contributed by atoms with Crippen LogP contribution in [0, 0.1) is 0 Å². The highest BCUT2D eigenvalue weighted by molar-refractivity contribution is 5.92. The van der Waals surface area contributed by atoms with Gasteiger partial charge in [-0.25, -0.2) is 0 Å². The predicted octanol–water partition coefficient (Wildman–Crippen LogP) is 2.61. The predicted molar refractivity (Wildman–Crippen MR) is 77.3 cm³/mol. The Kier molecular flexibility index (Phi) is 7.54. The van der Waals surface area contributed by atoms with Gasteiger partial charge in [0.15, 0.2) is 5.69 Å². The van der Waals surface area contributed by atoms with Crippen molar-refractivity contribution in [1.29, 1.82) is 0 Å². The monoisotopic (exact) mass is 264 g/mol. The number of carbonyl (C=O) groups excluding carboxylic acids is 1. The largest absolute Gasteiger partial charge is 0.369 e. The van der Waals surface area contributed by atoms with Gasteiger partial charge in [0.1, 0.15) is 5.82 Å². The molecule has 0 radical (unpaired) electrons. The summed E-state index contributed by atoms with van der Waals surface area (Å²) in [5, 5.41) is 13.9. The number of anilines is 1. The maximum absolute atomic E-state index is 11.7. The van der Waals surface area contributed by atoms with Crippen LogP contribution in [0.15, 0.2) is 12.1 Å². The van der Waals surface area contributed by atoms with E-state index in [9.17, 15) is 4.79 Å². The number of aromatic nitrogens is 2. The number of carbonyl (C=O) groups is 1. The van der Waals surface area contributed by atoms with Crippen molar-refractivity contribution < 1.29 is 4.79 Å². The smallest absolute Gasteiger partial charge is 0.271 e. The minimum Gasteiger partial charge on any atom is -0.369 e. The molecular formula is C14H24N4O. The van der Waals surface area contributed by atoms with E-state index < -0.39 is 0 Å². The van der Waals surface area contributed by atoms with Crippen LogP contribution in [0.1, 0.15) is 56.4 Å². The number of rotatable bonds is 9. The van der Waals surface area contributed by atoms with Gasteiger partial charge in [-0.15, -0.1) is 10.2 Å². The lowest BCUT2D eigenvalue weighted by atomic mass is 10.2. The Morgan fingerprint density at radius 1 is 1.05 bits per heavy atom. The quantitative estimate of drug-likeness (QED) is 0.673. The molecule has 106 valence electrons. The number of hydrogen-bond acceptors (Lipinski definition) is 4. The van der Waals surface area contributed by atoms with Crippen molar-refractivity contribution in [3.63, 3.8) is 0 Å². The molecule has 0 spiro atoms. The van der Waals surface area contributed by atoms with Gasteiger partial charge in [-0.3, -0.25) is 4.79 Å². The molecule has 0 saturated heterocycles. The van der Waals surface area contributed by atoms with E-state index in [0.717, 1.165) is 31.6 Å². The fourth-order valence-electron chi connectivity index (χ4n) is 1.61. The van der Waals surface area contributed by atoms with Gasteiger partial charge in [-0.1, -0.05) is 33.1 Å². The topological polar surface area (TPSA) is 66.9 Å². The van der Waals surface area contributed by atoms with E-state index in [1.807, 2.05) is 0 Å². The van der Waals surface area contributed by atoms with E-state index in [2.05, 4.69) is 34.7 Å². The highest BCUT2D eigenvalue weighted by Gasteiger charge is 2.06. The third-order valence-corrected chi connectivity index (χ3v) is 2.80. The second kappa shape index (κ2) is 9.30. The Balaban J connectivity index is 2.36. The van der Waals surface area contributed by atoms with Crippen LogP contribution in [-0.4, -0.2) is 29.2 Å². The number of hydrogen-bond donors (Lipinski definition) is 2. The molecule has 5 nitrogen and oxygen atoms in total. The second-order valence-corrected chi connectivity index (χ2v) is 4.55. The van der Waals surface area contributed by atoms with Gasteiger partial charge >= 0.3 is 0 Å². The molecule has 0 fully saturated rings. The van der Waals surface area contributed by atoms with E-state index in [-0.39, 0.29) is 5.91 Å². The number of unbranched alkanes of at least 4 members (excludes halogenated alkanes) is 3. The lowest BCUT2D eigenvalue weighted by molar-refractivity contribution is 0.0947. The van der Waals surface area contributed by atoms with E-state index in [1.54, 1.807) is 12.1 Å². The van der Waals surface area contributed by atoms with Gasteiger partial charge < -0.3 is 10.6 Å². The average molecular weight is 264 g/mol. The molecule has 0 saturated carbocycles. The van der Waals surface area contributed by atoms with Gasteiger partial charge in [0, 0.05) is 13.1 Å². The molecule has 0 aromatic carbocycles. The van der Waals surface area contributed by atoms with Crippen LogP contribution in [0.5, 0.6) is 0 Å². The fourth-order valence-corrected chi connectivity index (χ4v) is 1.61. The maximum Gasteiger partial charge on any atom is 0.271 e. The summed E-state index contributed by atoms with van der Waals surface area (Å²) < 4.78 is 0. The number of nitrogens with one attached hydrogen (secondary N) is 2. The van der Waals surface area contributed by atoms with Gasteiger partial charge in [0.25, 0.3) is 5.91 Å². The van der Waals surface area contributed by atoms with Crippen molar-refractivity contribution in [3.8, 4) is 0 Å². The Labute approximate surface area is 115 Å². The van der Waals surface area contributed by atoms with Crippen molar-refractivity contribution in [3.05, 3.63) is 17.8 Å². The van der Waals surface area contributed by atoms with E-state index >= 15 is 0 Å². The molecule has 1 aromatic rings. The maximum atomic E-state index is 11.7. The number of amides is 1. The first-order chi connectivity index (χ1) is 9.27. The summed E-state index contributed by atoms with van der Waals surface area (Å²) in [7, 11) is 0. The fraction of sp³-hybridized carbons (Fsp3) is 0.643. The summed E-state index contributed by atoms with van der Waals surface area (Å²) >= 11 is 0. The van der Waals surface area contributed by atoms with Crippen LogP contribution < -0.4 is 10.6 Å². The molecular weight excluding hydrogens is 240 g/mol. The molecule has 0 aliphatic carbocycles. The zero-order valence-electron chi connectivity index (χ0n) is 11.9. The first-order valence-electron chi connectivity index (χ1n) is 7.13. The first kappa shape index (κ1) is 15.4. The summed E-state index contributed by atoms with van der Waals surface area (Å²) in [4.78, 5) is 11.7. The molecule has 5 heteroatoms. The molecule has 19 heavy (non-hydrogen) atoms. The van der Waals surface area contributed by atoms with Crippen molar-refractivity contribution in [2.45, 2.75) is 46.0 Å². The Hall–Kier alpha value is -1.65. The molecule has 0 atom stereocenters. The summed E-state index contributed by atoms with van der Waals surface area (Å²) in [6, 6.07) is 3.50. The molecule has 0 aliphatic heterocycles. The minimum absolute atomic E-state index is 0.154. The molecule has 0 unspecified atom stereocenters. The number of nitrogens with zero attached hydrogens (tertiary/aromatic N) is 2. The lowest BCUT2D eigenvalue weighted by Gasteiger charge is -2.05. The Morgan fingerprint density at radius 2 is 1.84 bits per heavy atom. The summed E-state index contributed by atoms with van der Waals surface area (Å²) in [6.07, 6.45) is 5.57. The zero-order valence-corrected chi connectivity index (χ0v) is 11.9. The molecule has 0 aliphatic rings. The van der Waals surface area contributed by atoms with Crippen LogP contribution in [0.2, 0.25) is 0 Å². The zero-order chi connectivity index (χ0) is 13.9. The SMILES string of the molecule is CCCCCNc1ccc(C(=O)NCCCC)nn1. The van der Waals surface area contributed by atoms with Gasteiger partial charge in [0.05, 0.1) is 0 Å². The Morgan fingerprint density at radius 3 is 2.47 bits per heavy atom. The van der Waals surface area contributed by atoms with Crippen molar-refractivity contribution >= 4 is 11.7 Å². The minimum atomic E-state index is -0.154. The van der Waals surface area contributed by atoms with E-state index in [1.165, 1.54) is 12.8 Å². The van der Waals surface area contributed by atoms with Crippen molar-refractivity contribution in [1.82, 2.24) is 15.5 Å². The van der Waals surface area contributed by atoms with E-state index in [4.69, 9.17) is 0 Å². The van der Waals surface area contributed by atoms with Crippen LogP contribution in [0.3, 0.4) is 0 Å². The molecule has 2 N–H and O–H groups in total. The lowest BCUT2D eigenvalue weighted by Crippen LogP contribution is -2.25. The van der Waals surface area contributed by atoms with Crippen LogP contribution in [-0.2, 0) is 0 Å². The highest BCUT2D eigenvalue weighted by Crippen LogP contribution is 2.03. The van der Waals surface area contributed by atoms with Crippen LogP contribution in [0.4, 0.5) is 5.82 Å². The van der Waals surface area contributed by atoms with Crippen molar-refractivity contribution in [2.75, 3.05) is 18.4 Å².